The van der Waals surface area contributed by atoms with Crippen molar-refractivity contribution in [1.29, 1.82) is 0 Å². The van der Waals surface area contributed by atoms with Gasteiger partial charge >= 0.3 is 5.97 Å². The zero-order valence-corrected chi connectivity index (χ0v) is 21.8. The summed E-state index contributed by atoms with van der Waals surface area (Å²) in [5.41, 5.74) is 4.60. The van der Waals surface area contributed by atoms with Gasteiger partial charge < -0.3 is 19.5 Å². The van der Waals surface area contributed by atoms with Crippen molar-refractivity contribution in [2.75, 3.05) is 24.9 Å². The molecule has 2 aliphatic rings. The highest BCUT2D eigenvalue weighted by Crippen LogP contribution is 2.48. The van der Waals surface area contributed by atoms with Crippen LogP contribution in [0.3, 0.4) is 0 Å². The Labute approximate surface area is 210 Å². The van der Waals surface area contributed by atoms with Crippen LogP contribution in [0, 0.1) is 0 Å². The SMILES string of the molecule is CCOc1cc2c(c3c1OC(C)(C)C3)C(c1ccc(C(=O)OC)c(NC(=O)CCl)c1)=NC(C)(C)C2. The minimum Gasteiger partial charge on any atom is -0.490 e. The minimum absolute atomic E-state index is 0.234. The number of alkyl halides is 1. The average molecular weight is 499 g/mol. The zero-order chi connectivity index (χ0) is 25.5. The van der Waals surface area contributed by atoms with Crippen LogP contribution in [0.4, 0.5) is 5.69 Å². The number of nitrogens with zero attached hydrogens (tertiary/aromatic N) is 1. The summed E-state index contributed by atoms with van der Waals surface area (Å²) in [7, 11) is 1.30. The van der Waals surface area contributed by atoms with Gasteiger partial charge in [-0.15, -0.1) is 11.6 Å². The summed E-state index contributed by atoms with van der Waals surface area (Å²) in [6.07, 6.45) is 1.46. The molecule has 1 amide bonds. The molecule has 0 aliphatic carbocycles. The third-order valence-electron chi connectivity index (χ3n) is 6.07. The topological polar surface area (TPSA) is 86.2 Å². The second kappa shape index (κ2) is 9.19. The van der Waals surface area contributed by atoms with Gasteiger partial charge in [0.25, 0.3) is 0 Å². The van der Waals surface area contributed by atoms with Crippen LogP contribution in [0.5, 0.6) is 11.5 Å². The van der Waals surface area contributed by atoms with Crippen molar-refractivity contribution in [2.45, 2.75) is 58.6 Å². The maximum atomic E-state index is 12.3. The second-order valence-electron chi connectivity index (χ2n) is 10.1. The number of carbonyl (C=O) groups excluding carboxylic acids is 2. The van der Waals surface area contributed by atoms with Crippen molar-refractivity contribution in [3.8, 4) is 11.5 Å². The van der Waals surface area contributed by atoms with Gasteiger partial charge in [-0.1, -0.05) is 6.07 Å². The number of ether oxygens (including phenoxy) is 3. The molecular weight excluding hydrogens is 468 g/mol. The van der Waals surface area contributed by atoms with Crippen molar-refractivity contribution in [3.05, 3.63) is 52.1 Å². The summed E-state index contributed by atoms with van der Waals surface area (Å²) in [5, 5.41) is 2.72. The molecule has 0 aromatic heterocycles. The van der Waals surface area contributed by atoms with Crippen molar-refractivity contribution in [3.63, 3.8) is 0 Å². The van der Waals surface area contributed by atoms with Crippen molar-refractivity contribution < 1.29 is 23.8 Å². The van der Waals surface area contributed by atoms with Crippen LogP contribution >= 0.6 is 11.6 Å². The Morgan fingerprint density at radius 1 is 1.17 bits per heavy atom. The number of carbonyl (C=O) groups is 2. The zero-order valence-electron chi connectivity index (χ0n) is 21.0. The molecule has 8 heteroatoms. The molecule has 0 saturated carbocycles. The lowest BCUT2D eigenvalue weighted by molar-refractivity contribution is -0.113. The maximum absolute atomic E-state index is 12.3. The lowest BCUT2D eigenvalue weighted by Gasteiger charge is -2.31. The van der Waals surface area contributed by atoms with E-state index in [1.807, 2.05) is 13.0 Å². The molecule has 0 bridgehead atoms. The number of benzene rings is 2. The molecule has 4 rings (SSSR count). The summed E-state index contributed by atoms with van der Waals surface area (Å²) in [6, 6.07) is 7.29. The molecule has 0 saturated heterocycles. The molecule has 35 heavy (non-hydrogen) atoms. The normalized spacial score (nSPS) is 16.9. The maximum Gasteiger partial charge on any atom is 0.339 e. The number of rotatable bonds is 6. The molecule has 2 heterocycles. The van der Waals surface area contributed by atoms with E-state index in [1.54, 1.807) is 12.1 Å². The highest BCUT2D eigenvalue weighted by atomic mass is 35.5. The molecule has 2 aromatic rings. The predicted octanol–water partition coefficient (Wildman–Crippen LogP) is 4.93. The van der Waals surface area contributed by atoms with Gasteiger partial charge in [-0.2, -0.15) is 0 Å². The van der Waals surface area contributed by atoms with E-state index < -0.39 is 11.9 Å². The number of hydrogen-bond acceptors (Lipinski definition) is 6. The monoisotopic (exact) mass is 498 g/mol. The number of halogens is 1. The van der Waals surface area contributed by atoms with E-state index in [2.05, 4.69) is 39.1 Å². The van der Waals surface area contributed by atoms with Crippen molar-refractivity contribution in [2.24, 2.45) is 4.99 Å². The van der Waals surface area contributed by atoms with Gasteiger partial charge in [-0.25, -0.2) is 4.79 Å². The summed E-state index contributed by atoms with van der Waals surface area (Å²) in [6.45, 7) is 10.8. The van der Waals surface area contributed by atoms with Crippen LogP contribution in [-0.4, -0.2) is 48.3 Å². The molecule has 1 N–H and O–H groups in total. The van der Waals surface area contributed by atoms with Crippen LogP contribution in [0.2, 0.25) is 0 Å². The van der Waals surface area contributed by atoms with Crippen LogP contribution in [0.25, 0.3) is 0 Å². The lowest BCUT2D eigenvalue weighted by Crippen LogP contribution is -2.31. The van der Waals surface area contributed by atoms with Gasteiger partial charge in [0, 0.05) is 23.1 Å². The standard InChI is InChI=1S/C27H31ClN2O5/c1-7-34-20-11-16-12-26(2,3)30-23(22(16)18-13-27(4,5)35-24(18)20)15-8-9-17(25(32)33-6)19(10-15)29-21(31)14-28/h8-11H,7,12-14H2,1-6H3,(H,29,31). The van der Waals surface area contributed by atoms with Gasteiger partial charge in [-0.3, -0.25) is 9.79 Å². The summed E-state index contributed by atoms with van der Waals surface area (Å²) in [4.78, 5) is 29.6. The van der Waals surface area contributed by atoms with E-state index in [0.29, 0.717) is 18.7 Å². The van der Waals surface area contributed by atoms with E-state index in [-0.39, 0.29) is 22.6 Å². The number of aliphatic imine (C=N–C) groups is 1. The quantitative estimate of drug-likeness (QED) is 0.450. The van der Waals surface area contributed by atoms with Crippen molar-refractivity contribution in [1.82, 2.24) is 0 Å². The largest absolute Gasteiger partial charge is 0.490 e. The van der Waals surface area contributed by atoms with E-state index >= 15 is 0 Å². The fourth-order valence-corrected chi connectivity index (χ4v) is 4.87. The molecule has 0 spiro atoms. The van der Waals surface area contributed by atoms with Gasteiger partial charge in [-0.05, 0) is 64.8 Å². The van der Waals surface area contributed by atoms with Crippen LogP contribution in [-0.2, 0) is 22.4 Å². The molecule has 2 aromatic carbocycles. The molecule has 0 fully saturated rings. The summed E-state index contributed by atoms with van der Waals surface area (Å²) >= 11 is 5.71. The van der Waals surface area contributed by atoms with Crippen LogP contribution in [0.1, 0.15) is 67.2 Å². The number of nitrogens with one attached hydrogen (secondary N) is 1. The first-order valence-electron chi connectivity index (χ1n) is 11.7. The third-order valence-corrected chi connectivity index (χ3v) is 6.32. The molecule has 0 atom stereocenters. The average Bonchev–Trinajstić information content (AvgIpc) is 3.12. The number of fused-ring (bicyclic) bond motifs is 3. The Kier molecular flexibility index (Phi) is 6.58. The molecule has 0 radical (unpaired) electrons. The molecule has 2 aliphatic heterocycles. The third kappa shape index (κ3) is 4.87. The molecular formula is C27H31ClN2O5. The van der Waals surface area contributed by atoms with Crippen molar-refractivity contribution >= 4 is 34.9 Å². The van der Waals surface area contributed by atoms with Gasteiger partial charge in [0.2, 0.25) is 5.91 Å². The first-order valence-corrected chi connectivity index (χ1v) is 12.2. The number of amides is 1. The van der Waals surface area contributed by atoms with E-state index in [4.69, 9.17) is 30.8 Å². The highest BCUT2D eigenvalue weighted by Gasteiger charge is 2.40. The number of hydrogen-bond donors (Lipinski definition) is 1. The Morgan fingerprint density at radius 3 is 2.57 bits per heavy atom. The number of anilines is 1. The Hall–Kier alpha value is -3.06. The number of methoxy groups -OCH3 is 1. The van der Waals surface area contributed by atoms with Crippen LogP contribution in [0.15, 0.2) is 29.3 Å². The molecule has 0 unspecified atom stereocenters. The molecule has 7 nitrogen and oxygen atoms in total. The fourth-order valence-electron chi connectivity index (χ4n) is 4.81. The fraction of sp³-hybridized carbons (Fsp3) is 0.444. The smallest absolute Gasteiger partial charge is 0.339 e. The second-order valence-corrected chi connectivity index (χ2v) is 10.3. The highest BCUT2D eigenvalue weighted by molar-refractivity contribution is 6.29. The van der Waals surface area contributed by atoms with Gasteiger partial charge in [0.1, 0.15) is 11.5 Å². The van der Waals surface area contributed by atoms with Gasteiger partial charge in [0.05, 0.1) is 36.2 Å². The minimum atomic E-state index is -0.551. The molecule has 186 valence electrons. The van der Waals surface area contributed by atoms with E-state index in [1.165, 1.54) is 7.11 Å². The first-order chi connectivity index (χ1) is 16.5. The predicted molar refractivity (Wildman–Crippen MR) is 137 cm³/mol. The lowest BCUT2D eigenvalue weighted by atomic mass is 9.80. The number of esters is 1. The van der Waals surface area contributed by atoms with Crippen LogP contribution < -0.4 is 14.8 Å². The summed E-state index contributed by atoms with van der Waals surface area (Å²) in [5.74, 6) is 0.301. The summed E-state index contributed by atoms with van der Waals surface area (Å²) < 4.78 is 17.2. The Balaban J connectivity index is 1.93. The van der Waals surface area contributed by atoms with E-state index in [0.717, 1.165) is 45.9 Å². The first kappa shape index (κ1) is 25.0. The van der Waals surface area contributed by atoms with Gasteiger partial charge in [0.15, 0.2) is 11.5 Å². The van der Waals surface area contributed by atoms with E-state index in [9.17, 15) is 9.59 Å². The Bertz CT molecular complexity index is 1230. The Morgan fingerprint density at radius 2 is 1.91 bits per heavy atom.